The molecule has 84 valence electrons. The monoisotopic (exact) mass is 238 g/mol. The largest absolute Gasteiger partial charge is 0.461 e. The number of aryl methyl sites for hydroxylation is 1. The Hall–Kier alpha value is -1.55. The Kier molecular flexibility index (Phi) is 2.83. The van der Waals surface area contributed by atoms with Crippen molar-refractivity contribution in [3.05, 3.63) is 28.7 Å². The van der Waals surface area contributed by atoms with Gasteiger partial charge in [-0.15, -0.1) is 0 Å². The molecular weight excluding hydrogens is 228 g/mol. The van der Waals surface area contributed by atoms with Crippen LogP contribution in [0.15, 0.2) is 12.1 Å². The van der Waals surface area contributed by atoms with Crippen molar-refractivity contribution in [3.63, 3.8) is 0 Å². The van der Waals surface area contributed by atoms with E-state index < -0.39 is 0 Å². The molecule has 0 aliphatic carbocycles. The van der Waals surface area contributed by atoms with Gasteiger partial charge in [-0.3, -0.25) is 0 Å². The minimum absolute atomic E-state index is 0.346. The Labute approximate surface area is 97.6 Å². The van der Waals surface area contributed by atoms with Crippen molar-refractivity contribution in [1.82, 2.24) is 9.97 Å². The third-order valence-electron chi connectivity index (χ3n) is 2.19. The van der Waals surface area contributed by atoms with E-state index in [1.165, 1.54) is 0 Å². The number of hydrogen-bond donors (Lipinski definition) is 1. The second-order valence-electron chi connectivity index (χ2n) is 3.42. The molecule has 2 aromatic heterocycles. The first-order chi connectivity index (χ1) is 7.61. The number of rotatable bonds is 2. The second-order valence-corrected chi connectivity index (χ2v) is 3.78. The van der Waals surface area contributed by atoms with Crippen molar-refractivity contribution in [2.75, 3.05) is 6.61 Å². The zero-order valence-corrected chi connectivity index (χ0v) is 9.76. The molecule has 0 aromatic carbocycles. The van der Waals surface area contributed by atoms with Crippen molar-refractivity contribution >= 4 is 28.5 Å². The average Bonchev–Trinajstić information content (AvgIpc) is 2.62. The van der Waals surface area contributed by atoms with Gasteiger partial charge >= 0.3 is 5.97 Å². The molecule has 0 bridgehead atoms. The normalized spacial score (nSPS) is 10.7. The molecule has 5 heteroatoms. The highest BCUT2D eigenvalue weighted by molar-refractivity contribution is 6.34. The van der Waals surface area contributed by atoms with Crippen LogP contribution in [0.25, 0.3) is 10.9 Å². The molecule has 0 saturated heterocycles. The molecule has 0 radical (unpaired) electrons. The fourth-order valence-electron chi connectivity index (χ4n) is 1.54. The van der Waals surface area contributed by atoms with Crippen LogP contribution in [0.5, 0.6) is 0 Å². The number of aromatic nitrogens is 2. The lowest BCUT2D eigenvalue weighted by Crippen LogP contribution is -2.04. The second kappa shape index (κ2) is 4.14. The molecule has 0 amide bonds. The topological polar surface area (TPSA) is 55.0 Å². The van der Waals surface area contributed by atoms with E-state index in [1.807, 2.05) is 13.0 Å². The quantitative estimate of drug-likeness (QED) is 0.647. The van der Waals surface area contributed by atoms with E-state index in [0.29, 0.717) is 23.0 Å². The van der Waals surface area contributed by atoms with Crippen LogP contribution in [0.4, 0.5) is 0 Å². The number of halogens is 1. The van der Waals surface area contributed by atoms with Gasteiger partial charge in [-0.25, -0.2) is 9.78 Å². The molecule has 0 aliphatic rings. The summed E-state index contributed by atoms with van der Waals surface area (Å²) in [5, 5.41) is 1.23. The van der Waals surface area contributed by atoms with Crippen molar-refractivity contribution in [1.29, 1.82) is 0 Å². The van der Waals surface area contributed by atoms with E-state index in [9.17, 15) is 4.79 Å². The Morgan fingerprint density at radius 1 is 1.56 bits per heavy atom. The molecule has 0 unspecified atom stereocenters. The number of carbonyl (C=O) groups is 1. The molecule has 0 atom stereocenters. The molecular formula is C11H11ClN2O2. The lowest BCUT2D eigenvalue weighted by Gasteiger charge is -1.97. The van der Waals surface area contributed by atoms with E-state index in [4.69, 9.17) is 16.3 Å². The molecule has 2 heterocycles. The van der Waals surface area contributed by atoms with Crippen molar-refractivity contribution in [3.8, 4) is 0 Å². The van der Waals surface area contributed by atoms with Crippen LogP contribution >= 0.6 is 11.6 Å². The Bertz CT molecular complexity index is 548. The summed E-state index contributed by atoms with van der Waals surface area (Å²) in [6.07, 6.45) is 0. The molecule has 1 N–H and O–H groups in total. The molecule has 0 spiro atoms. The summed E-state index contributed by atoms with van der Waals surface area (Å²) in [6, 6.07) is 3.58. The maximum Gasteiger partial charge on any atom is 0.354 e. The lowest BCUT2D eigenvalue weighted by atomic mass is 10.2. The molecule has 0 fully saturated rings. The van der Waals surface area contributed by atoms with Crippen molar-refractivity contribution < 1.29 is 9.53 Å². The van der Waals surface area contributed by atoms with E-state index in [1.54, 1.807) is 13.0 Å². The third-order valence-corrected chi connectivity index (χ3v) is 2.46. The first-order valence-electron chi connectivity index (χ1n) is 4.94. The van der Waals surface area contributed by atoms with Gasteiger partial charge in [-0.1, -0.05) is 11.6 Å². The van der Waals surface area contributed by atoms with Crippen LogP contribution in [0.3, 0.4) is 0 Å². The van der Waals surface area contributed by atoms with Gasteiger partial charge in [0.2, 0.25) is 0 Å². The SMILES string of the molecule is CCOC(=O)c1cc2cc(C)nc(Cl)c2[nH]1. The average molecular weight is 239 g/mol. The van der Waals surface area contributed by atoms with Gasteiger partial charge in [-0.05, 0) is 26.0 Å². The highest BCUT2D eigenvalue weighted by Crippen LogP contribution is 2.23. The highest BCUT2D eigenvalue weighted by atomic mass is 35.5. The van der Waals surface area contributed by atoms with E-state index >= 15 is 0 Å². The van der Waals surface area contributed by atoms with E-state index in [-0.39, 0.29) is 5.97 Å². The number of H-pyrrole nitrogens is 1. The summed E-state index contributed by atoms with van der Waals surface area (Å²) in [4.78, 5) is 18.5. The van der Waals surface area contributed by atoms with Gasteiger partial charge in [-0.2, -0.15) is 0 Å². The predicted octanol–water partition coefficient (Wildman–Crippen LogP) is 2.70. The fourth-order valence-corrected chi connectivity index (χ4v) is 1.83. The van der Waals surface area contributed by atoms with Crippen molar-refractivity contribution in [2.24, 2.45) is 0 Å². The number of aromatic amines is 1. The Balaban J connectivity index is 2.51. The van der Waals surface area contributed by atoms with Gasteiger partial charge in [0.25, 0.3) is 0 Å². The van der Waals surface area contributed by atoms with Crippen LogP contribution in [0.1, 0.15) is 23.1 Å². The first kappa shape index (κ1) is 11.0. The number of nitrogens with one attached hydrogen (secondary N) is 1. The highest BCUT2D eigenvalue weighted by Gasteiger charge is 2.12. The standard InChI is InChI=1S/C11H11ClN2O2/c1-3-16-11(15)8-5-7-4-6(2)13-10(12)9(7)14-8/h4-5,14H,3H2,1-2H3. The summed E-state index contributed by atoms with van der Waals surface area (Å²) in [6.45, 7) is 3.96. The Morgan fingerprint density at radius 2 is 2.31 bits per heavy atom. The molecule has 0 saturated carbocycles. The number of esters is 1. The number of hydrogen-bond acceptors (Lipinski definition) is 3. The Morgan fingerprint density at radius 3 is 3.00 bits per heavy atom. The summed E-state index contributed by atoms with van der Waals surface area (Å²) in [5.74, 6) is -0.382. The van der Waals surface area contributed by atoms with Gasteiger partial charge in [0.1, 0.15) is 5.69 Å². The van der Waals surface area contributed by atoms with Gasteiger partial charge in [0.15, 0.2) is 5.15 Å². The minimum atomic E-state index is -0.382. The predicted molar refractivity (Wildman–Crippen MR) is 61.8 cm³/mol. The minimum Gasteiger partial charge on any atom is -0.461 e. The maximum absolute atomic E-state index is 11.5. The summed E-state index contributed by atoms with van der Waals surface area (Å²) in [5.41, 5.74) is 1.87. The van der Waals surface area contributed by atoms with Crippen LogP contribution in [0, 0.1) is 6.92 Å². The number of fused-ring (bicyclic) bond motifs is 1. The molecule has 0 aliphatic heterocycles. The maximum atomic E-state index is 11.5. The van der Waals surface area contributed by atoms with Gasteiger partial charge in [0.05, 0.1) is 12.1 Å². The summed E-state index contributed by atoms with van der Waals surface area (Å²) < 4.78 is 4.89. The van der Waals surface area contributed by atoms with Crippen LogP contribution in [-0.4, -0.2) is 22.5 Å². The van der Waals surface area contributed by atoms with Crippen LogP contribution in [0.2, 0.25) is 5.15 Å². The summed E-state index contributed by atoms with van der Waals surface area (Å²) >= 11 is 5.96. The molecule has 4 nitrogen and oxygen atoms in total. The van der Waals surface area contributed by atoms with Crippen molar-refractivity contribution in [2.45, 2.75) is 13.8 Å². The van der Waals surface area contributed by atoms with Crippen LogP contribution < -0.4 is 0 Å². The van der Waals surface area contributed by atoms with E-state index in [0.717, 1.165) is 11.1 Å². The van der Waals surface area contributed by atoms with Gasteiger partial charge in [0, 0.05) is 11.1 Å². The zero-order chi connectivity index (χ0) is 11.7. The molecule has 2 aromatic rings. The third kappa shape index (κ3) is 1.88. The van der Waals surface area contributed by atoms with Gasteiger partial charge < -0.3 is 9.72 Å². The molecule has 16 heavy (non-hydrogen) atoms. The number of nitrogens with zero attached hydrogens (tertiary/aromatic N) is 1. The zero-order valence-electron chi connectivity index (χ0n) is 9.00. The molecule has 2 rings (SSSR count). The number of ether oxygens (including phenoxy) is 1. The van der Waals surface area contributed by atoms with E-state index in [2.05, 4.69) is 9.97 Å². The fraction of sp³-hybridized carbons (Fsp3) is 0.273. The smallest absolute Gasteiger partial charge is 0.354 e. The number of carbonyl (C=O) groups excluding carboxylic acids is 1. The first-order valence-corrected chi connectivity index (χ1v) is 5.32. The summed E-state index contributed by atoms with van der Waals surface area (Å²) in [7, 11) is 0. The lowest BCUT2D eigenvalue weighted by molar-refractivity contribution is 0.0520. The van der Waals surface area contributed by atoms with Crippen LogP contribution in [-0.2, 0) is 4.74 Å². The number of pyridine rings is 1.